The molecule has 0 unspecified atom stereocenters. The van der Waals surface area contributed by atoms with Crippen LogP contribution in [0.5, 0.6) is 5.75 Å². The molecule has 1 saturated heterocycles. The van der Waals surface area contributed by atoms with Gasteiger partial charge in [-0.1, -0.05) is 12.1 Å². The molecule has 0 radical (unpaired) electrons. The maximum Gasteiger partial charge on any atom is 0.233 e. The van der Waals surface area contributed by atoms with Gasteiger partial charge in [0.2, 0.25) is 5.91 Å². The third-order valence-corrected chi connectivity index (χ3v) is 4.67. The molecule has 3 rings (SSSR count). The molecule has 1 aliphatic heterocycles. The predicted molar refractivity (Wildman–Crippen MR) is 94.2 cm³/mol. The number of benzene rings is 2. The van der Waals surface area contributed by atoms with Crippen LogP contribution < -0.4 is 9.64 Å². The summed E-state index contributed by atoms with van der Waals surface area (Å²) in [5.74, 6) is 0.315. The number of ether oxygens (including phenoxy) is 1. The second-order valence-electron chi connectivity index (χ2n) is 5.96. The summed E-state index contributed by atoms with van der Waals surface area (Å²) in [5.41, 5.74) is 1.71. The first-order valence-electron chi connectivity index (χ1n) is 8.12. The van der Waals surface area contributed by atoms with Crippen molar-refractivity contribution in [3.63, 3.8) is 0 Å². The summed E-state index contributed by atoms with van der Waals surface area (Å²) in [6.07, 6.45) is 1.38. The van der Waals surface area contributed by atoms with Gasteiger partial charge in [0.1, 0.15) is 11.6 Å². The van der Waals surface area contributed by atoms with Crippen LogP contribution in [-0.2, 0) is 9.08 Å². The van der Waals surface area contributed by atoms with Gasteiger partial charge in [-0.25, -0.2) is 4.39 Å². The minimum atomic E-state index is -0.325. The van der Waals surface area contributed by atoms with Gasteiger partial charge in [-0.3, -0.25) is 9.08 Å². The van der Waals surface area contributed by atoms with Crippen molar-refractivity contribution in [2.45, 2.75) is 18.9 Å². The normalized spacial score (nSPS) is 19.6. The quantitative estimate of drug-likeness (QED) is 0.537. The van der Waals surface area contributed by atoms with Crippen LogP contribution in [0.2, 0.25) is 0 Å². The highest BCUT2D eigenvalue weighted by molar-refractivity contribution is 6.07. The summed E-state index contributed by atoms with van der Waals surface area (Å²) in [4.78, 5) is 14.4. The second-order valence-corrected chi connectivity index (χ2v) is 6.18. The monoisotopic (exact) mass is 363 g/mol. The Hall–Kier alpha value is -2.11. The summed E-state index contributed by atoms with van der Waals surface area (Å²) >= 11 is 5.26. The molecule has 1 aliphatic rings. The highest BCUT2D eigenvalue weighted by atomic mass is 35.5. The Kier molecular flexibility index (Phi) is 5.56. The summed E-state index contributed by atoms with van der Waals surface area (Å²) in [5, 5.41) is 0. The van der Waals surface area contributed by atoms with Gasteiger partial charge < -0.3 is 9.64 Å². The van der Waals surface area contributed by atoms with Gasteiger partial charge in [0.05, 0.1) is 37.5 Å². The molecular formula is C19H19ClFNO3. The van der Waals surface area contributed by atoms with E-state index in [-0.39, 0.29) is 23.7 Å². The number of methoxy groups -OCH3 is 1. The molecule has 0 N–H and O–H groups in total. The number of β-lactam (4-membered cyclic amide) rings is 1. The zero-order valence-corrected chi connectivity index (χ0v) is 14.6. The van der Waals surface area contributed by atoms with E-state index in [0.29, 0.717) is 25.1 Å². The molecule has 4 nitrogen and oxygen atoms in total. The van der Waals surface area contributed by atoms with Crippen molar-refractivity contribution in [2.75, 3.05) is 18.6 Å². The van der Waals surface area contributed by atoms with Gasteiger partial charge in [0.25, 0.3) is 0 Å². The van der Waals surface area contributed by atoms with Crippen LogP contribution in [0.15, 0.2) is 48.5 Å². The van der Waals surface area contributed by atoms with E-state index < -0.39 is 0 Å². The summed E-state index contributed by atoms with van der Waals surface area (Å²) in [6, 6.07) is 13.5. The van der Waals surface area contributed by atoms with Crippen LogP contribution in [0.25, 0.3) is 0 Å². The van der Waals surface area contributed by atoms with Gasteiger partial charge in [-0.2, -0.15) is 0 Å². The Balaban J connectivity index is 1.87. The van der Waals surface area contributed by atoms with E-state index in [1.54, 1.807) is 24.1 Å². The van der Waals surface area contributed by atoms with Crippen molar-refractivity contribution in [2.24, 2.45) is 5.92 Å². The average Bonchev–Trinajstić information content (AvgIpc) is 2.64. The van der Waals surface area contributed by atoms with E-state index in [1.165, 1.54) is 12.1 Å². The molecule has 25 heavy (non-hydrogen) atoms. The minimum absolute atomic E-state index is 0.0296. The maximum absolute atomic E-state index is 13.2. The molecule has 2 aromatic rings. The highest BCUT2D eigenvalue weighted by Crippen LogP contribution is 2.45. The van der Waals surface area contributed by atoms with E-state index in [2.05, 4.69) is 4.29 Å². The fourth-order valence-corrected chi connectivity index (χ4v) is 3.37. The fourth-order valence-electron chi connectivity index (χ4n) is 3.26. The topological polar surface area (TPSA) is 38.8 Å². The number of carbonyl (C=O) groups is 1. The van der Waals surface area contributed by atoms with E-state index in [1.807, 2.05) is 24.3 Å². The number of hydrogen-bond donors (Lipinski definition) is 0. The van der Waals surface area contributed by atoms with Crippen molar-refractivity contribution in [3.8, 4) is 5.75 Å². The first-order valence-corrected chi connectivity index (χ1v) is 8.42. The van der Waals surface area contributed by atoms with Gasteiger partial charge >= 0.3 is 0 Å². The van der Waals surface area contributed by atoms with Crippen molar-refractivity contribution >= 4 is 23.5 Å². The lowest BCUT2D eigenvalue weighted by atomic mass is 9.79. The van der Waals surface area contributed by atoms with Gasteiger partial charge in [-0.15, -0.1) is 0 Å². The van der Waals surface area contributed by atoms with Gasteiger partial charge in [0.15, 0.2) is 0 Å². The lowest BCUT2D eigenvalue weighted by Gasteiger charge is -2.47. The number of hydrogen-bond acceptors (Lipinski definition) is 3. The molecule has 6 heteroatoms. The Bertz CT molecular complexity index is 720. The molecule has 0 saturated carbocycles. The predicted octanol–water partition coefficient (Wildman–Crippen LogP) is 4.49. The number of anilines is 1. The second kappa shape index (κ2) is 7.85. The Morgan fingerprint density at radius 3 is 2.40 bits per heavy atom. The molecule has 132 valence electrons. The highest BCUT2D eigenvalue weighted by Gasteiger charge is 2.48. The van der Waals surface area contributed by atoms with Crippen LogP contribution in [0, 0.1) is 11.7 Å². The van der Waals surface area contributed by atoms with Gasteiger partial charge in [-0.05, 0) is 54.8 Å². The van der Waals surface area contributed by atoms with Crippen LogP contribution in [0.3, 0.4) is 0 Å². The molecule has 0 aliphatic carbocycles. The third-order valence-electron chi connectivity index (χ3n) is 4.51. The van der Waals surface area contributed by atoms with Crippen molar-refractivity contribution in [3.05, 3.63) is 59.9 Å². The van der Waals surface area contributed by atoms with Crippen LogP contribution in [0.4, 0.5) is 10.1 Å². The maximum atomic E-state index is 13.2. The lowest BCUT2D eigenvalue weighted by Crippen LogP contribution is -2.55. The Morgan fingerprint density at radius 2 is 1.80 bits per heavy atom. The van der Waals surface area contributed by atoms with E-state index in [0.717, 1.165) is 11.3 Å². The fraction of sp³-hybridized carbons (Fsp3) is 0.316. The largest absolute Gasteiger partial charge is 0.497 e. The van der Waals surface area contributed by atoms with Crippen molar-refractivity contribution < 1.29 is 18.2 Å². The average molecular weight is 364 g/mol. The third kappa shape index (κ3) is 3.62. The Labute approximate surface area is 151 Å². The smallest absolute Gasteiger partial charge is 0.233 e. The van der Waals surface area contributed by atoms with E-state index >= 15 is 0 Å². The van der Waals surface area contributed by atoms with Crippen molar-refractivity contribution in [1.29, 1.82) is 0 Å². The molecular weight excluding hydrogens is 345 g/mol. The molecule has 0 bridgehead atoms. The number of halogens is 2. The summed E-state index contributed by atoms with van der Waals surface area (Å²) < 4.78 is 23.0. The Morgan fingerprint density at radius 1 is 1.12 bits per heavy atom. The van der Waals surface area contributed by atoms with Crippen LogP contribution in [0.1, 0.15) is 24.4 Å². The SMILES string of the molecule is COc1ccc([C@@H]2[C@@H](CCCOCl)C(=O)N2c2ccc(F)cc2)cc1. The lowest BCUT2D eigenvalue weighted by molar-refractivity contribution is -0.130. The zero-order chi connectivity index (χ0) is 17.8. The number of rotatable bonds is 7. The minimum Gasteiger partial charge on any atom is -0.497 e. The summed E-state index contributed by atoms with van der Waals surface area (Å²) in [7, 11) is 1.61. The molecule has 2 aromatic carbocycles. The van der Waals surface area contributed by atoms with Crippen LogP contribution in [-0.4, -0.2) is 19.6 Å². The number of amides is 1. The summed E-state index contributed by atoms with van der Waals surface area (Å²) in [6.45, 7) is 0.400. The molecule has 0 aromatic heterocycles. The molecule has 1 heterocycles. The van der Waals surface area contributed by atoms with E-state index in [9.17, 15) is 9.18 Å². The molecule has 1 amide bonds. The number of nitrogens with zero attached hydrogens (tertiary/aromatic N) is 1. The molecule has 2 atom stereocenters. The molecule has 1 fully saturated rings. The zero-order valence-electron chi connectivity index (χ0n) is 13.8. The standard InChI is InChI=1S/C19H19ClFNO3/c1-24-16-10-4-13(5-11-16)18-17(3-2-12-25-20)19(23)22(18)15-8-6-14(21)7-9-15/h4-11,17-18H,2-3,12H2,1H3/t17-,18-/m1/s1. The van der Waals surface area contributed by atoms with Crippen molar-refractivity contribution in [1.82, 2.24) is 0 Å². The first kappa shape index (κ1) is 17.7. The van der Waals surface area contributed by atoms with Crippen LogP contribution >= 0.6 is 11.9 Å². The van der Waals surface area contributed by atoms with E-state index in [4.69, 9.17) is 16.6 Å². The molecule has 0 spiro atoms. The first-order chi connectivity index (χ1) is 12.2. The number of carbonyl (C=O) groups excluding carboxylic acids is 1. The van der Waals surface area contributed by atoms with Gasteiger partial charge in [0, 0.05) is 5.69 Å².